The van der Waals surface area contributed by atoms with Gasteiger partial charge in [-0.2, -0.15) is 0 Å². The Balaban J connectivity index is 1.84. The Labute approximate surface area is 110 Å². The van der Waals surface area contributed by atoms with Crippen LogP contribution in [0.3, 0.4) is 0 Å². The summed E-state index contributed by atoms with van der Waals surface area (Å²) in [4.78, 5) is 23.3. The fraction of sp³-hybridized carbons (Fsp3) is 0.500. The van der Waals surface area contributed by atoms with Gasteiger partial charge in [0.25, 0.3) is 5.91 Å². The van der Waals surface area contributed by atoms with E-state index in [0.29, 0.717) is 23.0 Å². The van der Waals surface area contributed by atoms with Gasteiger partial charge in [0.2, 0.25) is 5.91 Å². The van der Waals surface area contributed by atoms with Gasteiger partial charge in [-0.05, 0) is 25.5 Å². The van der Waals surface area contributed by atoms with Crippen molar-refractivity contribution in [3.63, 3.8) is 0 Å². The number of primary amides is 1. The largest absolute Gasteiger partial charge is 0.366 e. The van der Waals surface area contributed by atoms with Crippen molar-refractivity contribution in [2.75, 3.05) is 13.1 Å². The summed E-state index contributed by atoms with van der Waals surface area (Å²) in [5.41, 5.74) is 5.53. The standard InChI is InChI=1S/C12H17N3O2S/c13-11(16)8-5-10(18-7-8)12(17)15-6-9-3-1-2-4-14-9/h5,7,9,14H,1-4,6H2,(H2,13,16)(H,15,17). The summed E-state index contributed by atoms with van der Waals surface area (Å²) in [6.45, 7) is 1.65. The summed E-state index contributed by atoms with van der Waals surface area (Å²) in [7, 11) is 0. The first-order valence-electron chi connectivity index (χ1n) is 6.07. The Morgan fingerprint density at radius 2 is 2.33 bits per heavy atom. The highest BCUT2D eigenvalue weighted by atomic mass is 32.1. The van der Waals surface area contributed by atoms with Gasteiger partial charge in [0.15, 0.2) is 0 Å². The molecule has 2 amide bonds. The molecule has 0 aliphatic carbocycles. The number of nitrogens with two attached hydrogens (primary N) is 1. The molecule has 0 spiro atoms. The number of rotatable bonds is 4. The third kappa shape index (κ3) is 3.30. The minimum Gasteiger partial charge on any atom is -0.366 e. The molecule has 0 saturated carbocycles. The van der Waals surface area contributed by atoms with Crippen molar-refractivity contribution < 1.29 is 9.59 Å². The van der Waals surface area contributed by atoms with Crippen molar-refractivity contribution in [1.29, 1.82) is 0 Å². The van der Waals surface area contributed by atoms with Crippen molar-refractivity contribution in [1.82, 2.24) is 10.6 Å². The maximum absolute atomic E-state index is 11.8. The van der Waals surface area contributed by atoms with Gasteiger partial charge in [-0.1, -0.05) is 6.42 Å². The van der Waals surface area contributed by atoms with E-state index in [1.807, 2.05) is 0 Å². The Kier molecular flexibility index (Phi) is 4.33. The van der Waals surface area contributed by atoms with Crippen molar-refractivity contribution in [3.8, 4) is 0 Å². The number of thiophene rings is 1. The normalized spacial score (nSPS) is 19.4. The van der Waals surface area contributed by atoms with E-state index in [1.54, 1.807) is 5.38 Å². The molecule has 18 heavy (non-hydrogen) atoms. The lowest BCUT2D eigenvalue weighted by molar-refractivity contribution is 0.0951. The summed E-state index contributed by atoms with van der Waals surface area (Å²) in [5.74, 6) is -0.640. The third-order valence-corrected chi connectivity index (χ3v) is 3.96. The smallest absolute Gasteiger partial charge is 0.261 e. The van der Waals surface area contributed by atoms with E-state index in [2.05, 4.69) is 10.6 Å². The molecule has 98 valence electrons. The summed E-state index contributed by atoms with van der Waals surface area (Å²) in [6, 6.07) is 1.90. The maximum atomic E-state index is 11.8. The number of carbonyl (C=O) groups is 2. The lowest BCUT2D eigenvalue weighted by Gasteiger charge is -2.23. The summed E-state index contributed by atoms with van der Waals surface area (Å²) in [5, 5.41) is 7.85. The molecule has 1 aliphatic rings. The van der Waals surface area contributed by atoms with Crippen LogP contribution in [0, 0.1) is 0 Å². The van der Waals surface area contributed by atoms with Gasteiger partial charge >= 0.3 is 0 Å². The Hall–Kier alpha value is -1.40. The fourth-order valence-corrected chi connectivity index (χ4v) is 2.80. The highest BCUT2D eigenvalue weighted by Crippen LogP contribution is 2.14. The molecule has 2 heterocycles. The van der Waals surface area contributed by atoms with Crippen LogP contribution in [0.1, 0.15) is 39.3 Å². The molecule has 1 unspecified atom stereocenters. The second-order valence-corrected chi connectivity index (χ2v) is 5.33. The molecule has 1 atom stereocenters. The van der Waals surface area contributed by atoms with Crippen LogP contribution >= 0.6 is 11.3 Å². The highest BCUT2D eigenvalue weighted by molar-refractivity contribution is 7.12. The van der Waals surface area contributed by atoms with E-state index < -0.39 is 5.91 Å². The van der Waals surface area contributed by atoms with Crippen molar-refractivity contribution >= 4 is 23.2 Å². The molecule has 1 aliphatic heterocycles. The van der Waals surface area contributed by atoms with Crippen LogP contribution in [0.15, 0.2) is 11.4 Å². The second kappa shape index (κ2) is 5.97. The van der Waals surface area contributed by atoms with E-state index in [1.165, 1.54) is 30.2 Å². The van der Waals surface area contributed by atoms with Gasteiger partial charge in [0.1, 0.15) is 0 Å². The maximum Gasteiger partial charge on any atom is 0.261 e. The molecule has 2 rings (SSSR count). The van der Waals surface area contributed by atoms with Gasteiger partial charge in [0, 0.05) is 18.0 Å². The van der Waals surface area contributed by atoms with Crippen molar-refractivity contribution in [2.24, 2.45) is 5.73 Å². The third-order valence-electron chi connectivity index (χ3n) is 3.03. The van der Waals surface area contributed by atoms with Crippen LogP contribution in [-0.2, 0) is 0 Å². The molecule has 5 nitrogen and oxygen atoms in total. The summed E-state index contributed by atoms with van der Waals surface area (Å²) < 4.78 is 0. The molecule has 6 heteroatoms. The minimum absolute atomic E-state index is 0.139. The van der Waals surface area contributed by atoms with Gasteiger partial charge < -0.3 is 16.4 Å². The summed E-state index contributed by atoms with van der Waals surface area (Å²) >= 11 is 1.24. The first-order chi connectivity index (χ1) is 8.66. The molecule has 1 aromatic heterocycles. The van der Waals surface area contributed by atoms with Crippen molar-refractivity contribution in [2.45, 2.75) is 25.3 Å². The molecule has 0 aromatic carbocycles. The second-order valence-electron chi connectivity index (χ2n) is 4.42. The van der Waals surface area contributed by atoms with Gasteiger partial charge in [-0.25, -0.2) is 0 Å². The molecular formula is C12H17N3O2S. The van der Waals surface area contributed by atoms with E-state index in [-0.39, 0.29) is 5.91 Å². The molecule has 4 N–H and O–H groups in total. The predicted molar refractivity (Wildman–Crippen MR) is 70.8 cm³/mol. The molecular weight excluding hydrogens is 250 g/mol. The van der Waals surface area contributed by atoms with Crippen LogP contribution < -0.4 is 16.4 Å². The number of carbonyl (C=O) groups excluding carboxylic acids is 2. The molecule has 1 fully saturated rings. The van der Waals surface area contributed by atoms with E-state index >= 15 is 0 Å². The molecule has 0 radical (unpaired) electrons. The van der Waals surface area contributed by atoms with Crippen LogP contribution in [0.2, 0.25) is 0 Å². The fourth-order valence-electron chi connectivity index (χ4n) is 1.99. The predicted octanol–water partition coefficient (Wildman–Crippen LogP) is 0.719. The Bertz CT molecular complexity index is 438. The number of nitrogens with one attached hydrogen (secondary N) is 2. The molecule has 1 saturated heterocycles. The van der Waals surface area contributed by atoms with Crippen LogP contribution in [-0.4, -0.2) is 30.9 Å². The average molecular weight is 267 g/mol. The van der Waals surface area contributed by atoms with Gasteiger partial charge in [0.05, 0.1) is 10.4 Å². The molecule has 1 aromatic rings. The topological polar surface area (TPSA) is 84.2 Å². The van der Waals surface area contributed by atoms with Crippen LogP contribution in [0.25, 0.3) is 0 Å². The van der Waals surface area contributed by atoms with Gasteiger partial charge in [-0.15, -0.1) is 11.3 Å². The Morgan fingerprint density at radius 1 is 1.50 bits per heavy atom. The zero-order chi connectivity index (χ0) is 13.0. The van der Waals surface area contributed by atoms with E-state index in [9.17, 15) is 9.59 Å². The van der Waals surface area contributed by atoms with E-state index in [0.717, 1.165) is 13.0 Å². The lowest BCUT2D eigenvalue weighted by Crippen LogP contribution is -2.43. The van der Waals surface area contributed by atoms with Crippen LogP contribution in [0.5, 0.6) is 0 Å². The number of piperidine rings is 1. The first-order valence-corrected chi connectivity index (χ1v) is 6.94. The quantitative estimate of drug-likeness (QED) is 0.751. The van der Waals surface area contributed by atoms with Gasteiger partial charge in [-0.3, -0.25) is 9.59 Å². The zero-order valence-electron chi connectivity index (χ0n) is 10.1. The van der Waals surface area contributed by atoms with E-state index in [4.69, 9.17) is 5.73 Å². The molecule has 0 bridgehead atoms. The SMILES string of the molecule is NC(=O)c1csc(C(=O)NCC2CCCCN2)c1. The number of hydrogen-bond donors (Lipinski definition) is 3. The lowest BCUT2D eigenvalue weighted by atomic mass is 10.1. The average Bonchev–Trinajstić information content (AvgIpc) is 2.87. The van der Waals surface area contributed by atoms with Crippen molar-refractivity contribution in [3.05, 3.63) is 21.9 Å². The summed E-state index contributed by atoms with van der Waals surface area (Å²) in [6.07, 6.45) is 3.51. The Morgan fingerprint density at radius 3 is 2.94 bits per heavy atom. The first kappa shape index (κ1) is 13.0. The monoisotopic (exact) mass is 267 g/mol. The zero-order valence-corrected chi connectivity index (χ0v) is 10.9. The highest BCUT2D eigenvalue weighted by Gasteiger charge is 2.15. The van der Waals surface area contributed by atoms with Crippen LogP contribution in [0.4, 0.5) is 0 Å². The minimum atomic E-state index is -0.501. The number of amides is 2. The number of hydrogen-bond acceptors (Lipinski definition) is 4.